The fourth-order valence-corrected chi connectivity index (χ4v) is 1.95. The van der Waals surface area contributed by atoms with Crippen LogP contribution in [0.2, 0.25) is 0 Å². The topological polar surface area (TPSA) is 72.2 Å². The van der Waals surface area contributed by atoms with E-state index >= 15 is 0 Å². The number of hydrogen-bond donors (Lipinski definition) is 2. The van der Waals surface area contributed by atoms with Crippen LogP contribution in [-0.4, -0.2) is 26.8 Å². The first-order chi connectivity index (χ1) is 4.61. The Morgan fingerprint density at radius 1 is 1.45 bits per heavy atom. The highest BCUT2D eigenvalue weighted by atomic mass is 35.5. The van der Waals surface area contributed by atoms with E-state index in [0.717, 1.165) is 13.0 Å². The monoisotopic (exact) mass is 200 g/mol. The van der Waals surface area contributed by atoms with Crippen LogP contribution in [0.15, 0.2) is 0 Å². The van der Waals surface area contributed by atoms with Gasteiger partial charge >= 0.3 is 0 Å². The Labute approximate surface area is 73.0 Å². The molecule has 0 radical (unpaired) electrons. The van der Waals surface area contributed by atoms with Gasteiger partial charge in [-0.3, -0.25) is 0 Å². The minimum absolute atomic E-state index is 0. The summed E-state index contributed by atoms with van der Waals surface area (Å²) >= 11 is 0. The summed E-state index contributed by atoms with van der Waals surface area (Å²) in [5, 5.41) is 7.56. The molecule has 4 nitrogen and oxygen atoms in total. The van der Waals surface area contributed by atoms with Gasteiger partial charge in [-0.05, 0) is 19.4 Å². The van der Waals surface area contributed by atoms with Gasteiger partial charge in [0.15, 0.2) is 0 Å². The molecule has 0 aromatic rings. The lowest BCUT2D eigenvalue weighted by molar-refractivity contribution is 0.497. The van der Waals surface area contributed by atoms with Gasteiger partial charge in [-0.1, -0.05) is 0 Å². The van der Waals surface area contributed by atoms with Crippen LogP contribution in [0.1, 0.15) is 12.8 Å². The number of nitrogens with two attached hydrogens (primary N) is 1. The van der Waals surface area contributed by atoms with E-state index in [0.29, 0.717) is 13.0 Å². The molecule has 1 rings (SSSR count). The molecule has 6 heteroatoms. The molecule has 0 bridgehead atoms. The average Bonchev–Trinajstić information content (AvgIpc) is 1.88. The molecule has 1 atom stereocenters. The number of sulfonamides is 1. The second kappa shape index (κ2) is 4.25. The molecule has 0 aromatic heterocycles. The summed E-state index contributed by atoms with van der Waals surface area (Å²) in [6.07, 6.45) is 1.60. The molecule has 3 N–H and O–H groups in total. The maximum Gasteiger partial charge on any atom is 0.213 e. The van der Waals surface area contributed by atoms with Crippen LogP contribution in [0, 0.1) is 0 Å². The van der Waals surface area contributed by atoms with E-state index in [1.165, 1.54) is 0 Å². The Morgan fingerprint density at radius 2 is 2.09 bits per heavy atom. The number of rotatable bonds is 1. The molecule has 1 aliphatic rings. The lowest BCUT2D eigenvalue weighted by atomic mass is 10.2. The first kappa shape index (κ1) is 11.2. The maximum absolute atomic E-state index is 10.7. The van der Waals surface area contributed by atoms with Crippen molar-refractivity contribution in [1.82, 2.24) is 5.32 Å². The summed E-state index contributed by atoms with van der Waals surface area (Å²) in [5.41, 5.74) is 0. The van der Waals surface area contributed by atoms with E-state index in [9.17, 15) is 8.42 Å². The van der Waals surface area contributed by atoms with E-state index < -0.39 is 10.0 Å². The Balaban J connectivity index is 0.000001000. The number of piperidine rings is 1. The third-order valence-electron chi connectivity index (χ3n) is 1.72. The molecule has 0 saturated carbocycles. The molecule has 1 saturated heterocycles. The highest BCUT2D eigenvalue weighted by Gasteiger charge is 2.22. The summed E-state index contributed by atoms with van der Waals surface area (Å²) in [6, 6.07) is 0. The lowest BCUT2D eigenvalue weighted by Crippen LogP contribution is -2.41. The van der Waals surface area contributed by atoms with E-state index in [-0.39, 0.29) is 17.7 Å². The third-order valence-corrected chi connectivity index (χ3v) is 3.05. The van der Waals surface area contributed by atoms with E-state index in [2.05, 4.69) is 5.32 Å². The van der Waals surface area contributed by atoms with Crippen molar-refractivity contribution < 1.29 is 8.42 Å². The van der Waals surface area contributed by atoms with Crippen molar-refractivity contribution in [1.29, 1.82) is 0 Å². The van der Waals surface area contributed by atoms with Crippen LogP contribution < -0.4 is 10.5 Å². The Morgan fingerprint density at radius 3 is 2.36 bits per heavy atom. The molecule has 0 aromatic carbocycles. The summed E-state index contributed by atoms with van der Waals surface area (Å²) < 4.78 is 21.4. The molecule has 1 fully saturated rings. The summed E-state index contributed by atoms with van der Waals surface area (Å²) in [5.74, 6) is 0. The van der Waals surface area contributed by atoms with Gasteiger partial charge in [0.1, 0.15) is 0 Å². The van der Waals surface area contributed by atoms with Gasteiger partial charge in [0.05, 0.1) is 5.25 Å². The maximum atomic E-state index is 10.7. The second-order valence-electron chi connectivity index (χ2n) is 2.56. The zero-order chi connectivity index (χ0) is 7.61. The summed E-state index contributed by atoms with van der Waals surface area (Å²) in [4.78, 5) is 0. The van der Waals surface area contributed by atoms with Crippen molar-refractivity contribution >= 4 is 22.4 Å². The Bertz CT molecular complexity index is 199. The summed E-state index contributed by atoms with van der Waals surface area (Å²) in [6.45, 7) is 1.42. The van der Waals surface area contributed by atoms with Crippen molar-refractivity contribution in [2.45, 2.75) is 18.1 Å². The normalized spacial score (nSPS) is 25.7. The van der Waals surface area contributed by atoms with Gasteiger partial charge in [0, 0.05) is 6.54 Å². The lowest BCUT2D eigenvalue weighted by Gasteiger charge is -2.20. The van der Waals surface area contributed by atoms with Gasteiger partial charge in [0.25, 0.3) is 0 Å². The fourth-order valence-electron chi connectivity index (χ4n) is 1.10. The van der Waals surface area contributed by atoms with E-state index in [4.69, 9.17) is 5.14 Å². The van der Waals surface area contributed by atoms with E-state index in [1.54, 1.807) is 0 Å². The smallest absolute Gasteiger partial charge is 0.213 e. The van der Waals surface area contributed by atoms with Crippen LogP contribution in [0.5, 0.6) is 0 Å². The standard InChI is InChI=1S/C5H12N2O2S.ClH/c6-10(8,9)5-2-1-3-7-4-5;/h5,7H,1-4H2,(H2,6,8,9);1H. The second-order valence-corrected chi connectivity index (χ2v) is 4.40. The van der Waals surface area contributed by atoms with Gasteiger partial charge in [0.2, 0.25) is 10.0 Å². The van der Waals surface area contributed by atoms with Crippen LogP contribution in [0.3, 0.4) is 0 Å². The molecule has 68 valence electrons. The highest BCUT2D eigenvalue weighted by molar-refractivity contribution is 7.89. The Kier molecular flexibility index (Phi) is 4.31. The minimum atomic E-state index is -3.29. The fraction of sp³-hybridized carbons (Fsp3) is 1.00. The highest BCUT2D eigenvalue weighted by Crippen LogP contribution is 2.07. The molecule has 11 heavy (non-hydrogen) atoms. The predicted molar refractivity (Wildman–Crippen MR) is 46.2 cm³/mol. The molecule has 0 spiro atoms. The van der Waals surface area contributed by atoms with Gasteiger partial charge in [-0.15, -0.1) is 12.4 Å². The number of primary sulfonamides is 1. The van der Waals surface area contributed by atoms with Crippen LogP contribution in [-0.2, 0) is 10.0 Å². The first-order valence-corrected chi connectivity index (χ1v) is 4.94. The zero-order valence-corrected chi connectivity index (χ0v) is 7.75. The molecule has 0 aliphatic carbocycles. The minimum Gasteiger partial charge on any atom is -0.315 e. The van der Waals surface area contributed by atoms with Crippen molar-refractivity contribution in [3.63, 3.8) is 0 Å². The zero-order valence-electron chi connectivity index (χ0n) is 6.12. The van der Waals surface area contributed by atoms with Crippen LogP contribution in [0.4, 0.5) is 0 Å². The Hall–Kier alpha value is 0.160. The van der Waals surface area contributed by atoms with Crippen LogP contribution >= 0.6 is 12.4 Å². The van der Waals surface area contributed by atoms with Gasteiger partial charge < -0.3 is 5.32 Å². The molecular weight excluding hydrogens is 188 g/mol. The van der Waals surface area contributed by atoms with Crippen LogP contribution in [0.25, 0.3) is 0 Å². The molecular formula is C5H13ClN2O2S. The van der Waals surface area contributed by atoms with Crippen molar-refractivity contribution in [3.05, 3.63) is 0 Å². The average molecular weight is 201 g/mol. The van der Waals surface area contributed by atoms with Gasteiger partial charge in [-0.25, -0.2) is 13.6 Å². The molecule has 0 amide bonds. The largest absolute Gasteiger partial charge is 0.315 e. The SMILES string of the molecule is Cl.NS(=O)(=O)C1CCCNC1. The third kappa shape index (κ3) is 3.37. The van der Waals surface area contributed by atoms with Crippen molar-refractivity contribution in [2.24, 2.45) is 5.14 Å². The van der Waals surface area contributed by atoms with Crippen molar-refractivity contribution in [2.75, 3.05) is 13.1 Å². The number of halogens is 1. The molecule has 1 unspecified atom stereocenters. The summed E-state index contributed by atoms with van der Waals surface area (Å²) in [7, 11) is -3.29. The van der Waals surface area contributed by atoms with Crippen molar-refractivity contribution in [3.8, 4) is 0 Å². The number of hydrogen-bond acceptors (Lipinski definition) is 3. The molecule has 1 aliphatic heterocycles. The quantitative estimate of drug-likeness (QED) is 0.597. The number of nitrogens with one attached hydrogen (secondary N) is 1. The molecule has 1 heterocycles. The van der Waals surface area contributed by atoms with Gasteiger partial charge in [-0.2, -0.15) is 0 Å². The predicted octanol–water partition coefficient (Wildman–Crippen LogP) is -0.551. The van der Waals surface area contributed by atoms with E-state index in [1.807, 2.05) is 0 Å². The first-order valence-electron chi connectivity index (χ1n) is 3.33.